The Morgan fingerprint density at radius 2 is 1.84 bits per heavy atom. The minimum Gasteiger partial charge on any atom is -0.439 e. The van der Waals surface area contributed by atoms with E-state index in [0.717, 1.165) is 16.6 Å². The van der Waals surface area contributed by atoms with E-state index in [0.29, 0.717) is 44.8 Å². The van der Waals surface area contributed by atoms with Crippen molar-refractivity contribution in [3.8, 4) is 22.9 Å². The van der Waals surface area contributed by atoms with Crippen molar-refractivity contribution in [3.05, 3.63) is 84.2 Å². The smallest absolute Gasteiger partial charge is 0.219 e. The first-order valence-electron chi connectivity index (χ1n) is 9.89. The molecule has 0 radical (unpaired) electrons. The number of para-hydroxylation sites is 1. The van der Waals surface area contributed by atoms with Crippen LogP contribution >= 0.6 is 11.6 Å². The van der Waals surface area contributed by atoms with E-state index in [1.165, 1.54) is 6.33 Å². The normalized spacial score (nSPS) is 12.7. The number of rotatable bonds is 4. The quantitative estimate of drug-likeness (QED) is 0.399. The number of anilines is 1. The lowest BCUT2D eigenvalue weighted by Crippen LogP contribution is -2.02. The summed E-state index contributed by atoms with van der Waals surface area (Å²) in [5, 5.41) is 6.83. The first-order valence-corrected chi connectivity index (χ1v) is 10.3. The Morgan fingerprint density at radius 3 is 2.62 bits per heavy atom. The van der Waals surface area contributed by atoms with Crippen LogP contribution in [-0.4, -0.2) is 24.7 Å². The molecule has 8 heteroatoms. The third-order valence-corrected chi connectivity index (χ3v) is 5.56. The van der Waals surface area contributed by atoms with Crippen LogP contribution in [0.15, 0.2) is 79.2 Å². The average molecular weight is 439 g/mol. The Kier molecular flexibility index (Phi) is 4.16. The molecule has 3 aromatic heterocycles. The van der Waals surface area contributed by atoms with Crippen molar-refractivity contribution < 1.29 is 4.74 Å². The molecule has 1 aliphatic rings. The number of ether oxygens (including phenoxy) is 1. The Hall–Kier alpha value is -4.23. The van der Waals surface area contributed by atoms with Gasteiger partial charge in [0.1, 0.15) is 23.6 Å². The van der Waals surface area contributed by atoms with Gasteiger partial charge in [0.25, 0.3) is 0 Å². The van der Waals surface area contributed by atoms with Crippen molar-refractivity contribution in [2.45, 2.75) is 0 Å². The fraction of sp³-hybridized carbons (Fsp3) is 0. The van der Waals surface area contributed by atoms with Crippen LogP contribution in [0, 0.1) is 0 Å². The Balaban J connectivity index is 1.52. The van der Waals surface area contributed by atoms with Crippen molar-refractivity contribution >= 4 is 45.1 Å². The minimum atomic E-state index is 0.338. The number of hydrogen-bond acceptors (Lipinski definition) is 6. The monoisotopic (exact) mass is 438 g/mol. The van der Waals surface area contributed by atoms with Crippen LogP contribution in [0.25, 0.3) is 38.9 Å². The van der Waals surface area contributed by atoms with Crippen LogP contribution < -0.4 is 10.5 Å². The molecule has 0 saturated heterocycles. The van der Waals surface area contributed by atoms with Gasteiger partial charge in [-0.15, -0.1) is 0 Å². The lowest BCUT2D eigenvalue weighted by molar-refractivity contribution is 0.465. The molecule has 0 aliphatic heterocycles. The highest BCUT2D eigenvalue weighted by molar-refractivity contribution is 6.34. The SMILES string of the molecule is Nc1ncnc2c1c(-c1cc3nc(Oc4ccccc4)ccc3cc1Cl)nn2C1=CC=C1. The second-order valence-electron chi connectivity index (χ2n) is 7.26. The molecule has 0 fully saturated rings. The van der Waals surface area contributed by atoms with E-state index in [4.69, 9.17) is 27.2 Å². The third kappa shape index (κ3) is 2.99. The highest BCUT2D eigenvalue weighted by Crippen LogP contribution is 2.38. The summed E-state index contributed by atoms with van der Waals surface area (Å²) in [5.74, 6) is 1.54. The van der Waals surface area contributed by atoms with E-state index in [-0.39, 0.29) is 0 Å². The molecular weight excluding hydrogens is 424 g/mol. The van der Waals surface area contributed by atoms with E-state index in [1.807, 2.05) is 72.8 Å². The number of nitrogens with two attached hydrogens (primary N) is 1. The molecule has 2 aromatic carbocycles. The molecule has 0 unspecified atom stereocenters. The number of halogens is 1. The molecule has 0 atom stereocenters. The van der Waals surface area contributed by atoms with E-state index in [2.05, 4.69) is 15.0 Å². The van der Waals surface area contributed by atoms with Crippen LogP contribution in [0.2, 0.25) is 5.02 Å². The zero-order valence-electron chi connectivity index (χ0n) is 16.6. The summed E-state index contributed by atoms with van der Waals surface area (Å²) in [5.41, 5.74) is 9.76. The van der Waals surface area contributed by atoms with Crippen molar-refractivity contribution in [3.63, 3.8) is 0 Å². The van der Waals surface area contributed by atoms with Gasteiger partial charge in [0.05, 0.1) is 21.6 Å². The molecule has 1 aliphatic carbocycles. The van der Waals surface area contributed by atoms with Gasteiger partial charge in [-0.1, -0.05) is 35.9 Å². The Bertz CT molecular complexity index is 1570. The highest BCUT2D eigenvalue weighted by atomic mass is 35.5. The van der Waals surface area contributed by atoms with Crippen LogP contribution in [-0.2, 0) is 0 Å². The molecule has 0 saturated carbocycles. The van der Waals surface area contributed by atoms with Crippen molar-refractivity contribution in [2.24, 2.45) is 0 Å². The fourth-order valence-electron chi connectivity index (χ4n) is 3.64. The maximum absolute atomic E-state index is 6.68. The number of pyridine rings is 1. The van der Waals surface area contributed by atoms with Crippen LogP contribution in [0.3, 0.4) is 0 Å². The average Bonchev–Trinajstić information content (AvgIpc) is 3.13. The summed E-state index contributed by atoms with van der Waals surface area (Å²) in [6, 6.07) is 17.0. The summed E-state index contributed by atoms with van der Waals surface area (Å²) in [4.78, 5) is 13.2. The first-order chi connectivity index (χ1) is 15.7. The topological polar surface area (TPSA) is 91.7 Å². The molecule has 2 N–H and O–H groups in total. The van der Waals surface area contributed by atoms with Gasteiger partial charge < -0.3 is 10.5 Å². The lowest BCUT2D eigenvalue weighted by atomic mass is 10.1. The molecule has 0 amide bonds. The standard InChI is InChI=1S/C24H15ClN6O/c25-18-11-14-9-10-20(32-16-7-2-1-3-8-16)29-19(14)12-17(18)22-21-23(26)27-13-28-24(21)31(30-22)15-5-4-6-15/h1-13H,(H2,26,27,28). The number of allylic oxidation sites excluding steroid dienone is 4. The van der Waals surface area contributed by atoms with Crippen LogP contribution in [0.4, 0.5) is 5.82 Å². The molecule has 0 bridgehead atoms. The summed E-state index contributed by atoms with van der Waals surface area (Å²) in [6.45, 7) is 0. The molecular formula is C24H15ClN6O. The number of nitrogens with zero attached hydrogens (tertiary/aromatic N) is 5. The number of benzene rings is 2. The highest BCUT2D eigenvalue weighted by Gasteiger charge is 2.21. The largest absolute Gasteiger partial charge is 0.439 e. The van der Waals surface area contributed by atoms with Crippen LogP contribution in [0.1, 0.15) is 0 Å². The number of nitrogen functional groups attached to an aromatic ring is 1. The molecule has 6 rings (SSSR count). The summed E-state index contributed by atoms with van der Waals surface area (Å²) in [6.07, 6.45) is 7.27. The second kappa shape index (κ2) is 7.18. The van der Waals surface area contributed by atoms with Crippen molar-refractivity contribution in [1.29, 1.82) is 0 Å². The van der Waals surface area contributed by atoms with Gasteiger partial charge in [0, 0.05) is 17.0 Å². The Morgan fingerprint density at radius 1 is 1.00 bits per heavy atom. The summed E-state index contributed by atoms with van der Waals surface area (Å²) >= 11 is 6.68. The van der Waals surface area contributed by atoms with E-state index >= 15 is 0 Å². The zero-order valence-corrected chi connectivity index (χ0v) is 17.4. The first kappa shape index (κ1) is 18.5. The predicted molar refractivity (Wildman–Crippen MR) is 125 cm³/mol. The number of hydrogen-bond donors (Lipinski definition) is 1. The van der Waals surface area contributed by atoms with Crippen molar-refractivity contribution in [1.82, 2.24) is 24.7 Å². The molecule has 5 aromatic rings. The predicted octanol–water partition coefficient (Wildman–Crippen LogP) is 5.48. The molecule has 32 heavy (non-hydrogen) atoms. The van der Waals surface area contributed by atoms with Gasteiger partial charge in [-0.25, -0.2) is 19.6 Å². The van der Waals surface area contributed by atoms with Gasteiger partial charge >= 0.3 is 0 Å². The third-order valence-electron chi connectivity index (χ3n) is 5.25. The van der Waals surface area contributed by atoms with E-state index in [1.54, 1.807) is 4.68 Å². The number of aromatic nitrogens is 5. The van der Waals surface area contributed by atoms with Gasteiger partial charge in [0.15, 0.2) is 5.65 Å². The molecule has 0 spiro atoms. The number of fused-ring (bicyclic) bond motifs is 2. The molecule has 7 nitrogen and oxygen atoms in total. The summed E-state index contributed by atoms with van der Waals surface area (Å²) in [7, 11) is 0. The van der Waals surface area contributed by atoms with Gasteiger partial charge in [-0.05, 0) is 42.5 Å². The van der Waals surface area contributed by atoms with E-state index in [9.17, 15) is 0 Å². The van der Waals surface area contributed by atoms with Gasteiger partial charge in [0.2, 0.25) is 5.88 Å². The van der Waals surface area contributed by atoms with Gasteiger partial charge in [-0.3, -0.25) is 0 Å². The summed E-state index contributed by atoms with van der Waals surface area (Å²) < 4.78 is 7.63. The van der Waals surface area contributed by atoms with Gasteiger partial charge in [-0.2, -0.15) is 5.10 Å². The van der Waals surface area contributed by atoms with Crippen LogP contribution in [0.5, 0.6) is 11.6 Å². The maximum atomic E-state index is 6.68. The minimum absolute atomic E-state index is 0.338. The molecule has 3 heterocycles. The zero-order chi connectivity index (χ0) is 21.7. The Labute approximate surface area is 187 Å². The molecule has 154 valence electrons. The fourth-order valence-corrected chi connectivity index (χ4v) is 3.90. The van der Waals surface area contributed by atoms with E-state index < -0.39 is 0 Å². The maximum Gasteiger partial charge on any atom is 0.219 e. The van der Waals surface area contributed by atoms with Crippen molar-refractivity contribution in [2.75, 3.05) is 5.73 Å². The lowest BCUT2D eigenvalue weighted by Gasteiger charge is -2.09. The second-order valence-corrected chi connectivity index (χ2v) is 7.67.